The maximum absolute atomic E-state index is 12.2. The Hall–Kier alpha value is -4.94. The molecule has 0 radical (unpaired) electrons. The fraction of sp³-hybridized carbons (Fsp3) is 0.463. The number of hydrogen-bond donors (Lipinski definition) is 8. The van der Waals surface area contributed by atoms with Gasteiger partial charge in [0.1, 0.15) is 13.1 Å². The highest BCUT2D eigenvalue weighted by atomic mass is 35.5. The lowest BCUT2D eigenvalue weighted by atomic mass is 9.81. The van der Waals surface area contributed by atoms with Crippen LogP contribution in [0.15, 0.2) is 180 Å². The first-order chi connectivity index (χ1) is 56.5. The van der Waals surface area contributed by atoms with Gasteiger partial charge in [-0.1, -0.05) is 105 Å². The van der Waals surface area contributed by atoms with Gasteiger partial charge < -0.3 is 14.9 Å². The first-order valence-corrected chi connectivity index (χ1v) is 46.1. The predicted molar refractivity (Wildman–Crippen MR) is 460 cm³/mol. The number of carboxylic acid groups (broad SMARTS) is 1. The van der Waals surface area contributed by atoms with Crippen LogP contribution >= 0.6 is 95.6 Å². The number of carbonyl (C=O) groups is 1. The van der Waals surface area contributed by atoms with E-state index in [9.17, 15) is 22.9 Å². The van der Waals surface area contributed by atoms with E-state index in [0.29, 0.717) is 59.9 Å². The van der Waals surface area contributed by atoms with Crippen LogP contribution in [0.3, 0.4) is 0 Å². The third kappa shape index (κ3) is 21.0. The smallest absolute Gasteiger partial charge is 0.304 e. The standard InChI is InChI=1S/C42H53N3O11S4.C38H46ClN3O12S4/c1-27-9-13-35-31(25-27)41(2,3)37(44(35)20-7-22-58-54-51-48)17-11-29-33-15-16-34(43(33)6)30(40(29)57-24-19-39(46)47)12-18-38-42(4,5)32-26-28(60-56-53-50)10-14-36(32)45(38)21-8-23-59-55-52-49;1-37(2)28-22-24(57-54-51-45)8-12-32(28)41(18-6-20-55-52-49-43)34(37)16-10-26-30-14-15-31(40(30)5)27(36(26)39)11-17-35-38(3,4)29-23-25(58(46,47)48)9-13-33(29)42(35)19-7-21-56-53-50-44/h9-14,17-18,25-26,33-34H,7-8,15-16,19-24H2,1-6H3,(H3-,46,47,48,49,50);8-13,16-17,22-23,30-31H,6-7,14-15,18-21H2,1-5H3,(H3-,43,44,45,46,47,48)/p+2. The summed E-state index contributed by atoms with van der Waals surface area (Å²) in [4.78, 5) is 23.7. The molecule has 4 unspecified atom stereocenters. The van der Waals surface area contributed by atoms with Gasteiger partial charge in [0.25, 0.3) is 10.1 Å². The van der Waals surface area contributed by atoms with Gasteiger partial charge in [-0.3, -0.25) is 19.1 Å². The first kappa shape index (κ1) is 93.8. The average Bonchev–Trinajstić information content (AvgIpc) is 1.59. The number of nitrogens with zero attached hydrogens (tertiary/aromatic N) is 6. The summed E-state index contributed by atoms with van der Waals surface area (Å²) >= 11 is 15.0. The van der Waals surface area contributed by atoms with Gasteiger partial charge in [0, 0.05) is 211 Å². The van der Waals surface area contributed by atoms with Gasteiger partial charge in [0.2, 0.25) is 11.4 Å². The van der Waals surface area contributed by atoms with Crippen molar-refractivity contribution < 1.29 is 120 Å². The molecule has 2 fully saturated rings. The van der Waals surface area contributed by atoms with Crippen LogP contribution in [-0.2, 0) is 92.8 Å². The number of benzene rings is 4. The van der Waals surface area contributed by atoms with Crippen LogP contribution in [-0.4, -0.2) is 179 Å². The summed E-state index contributed by atoms with van der Waals surface area (Å²) in [6, 6.07) is 23.7. The maximum Gasteiger partial charge on any atom is 0.304 e. The molecule has 0 saturated carbocycles. The molecule has 8 aliphatic heterocycles. The van der Waals surface area contributed by atoms with Crippen LogP contribution < -0.4 is 9.80 Å². The van der Waals surface area contributed by atoms with E-state index in [4.69, 9.17) is 51.8 Å². The van der Waals surface area contributed by atoms with Crippen LogP contribution in [0.25, 0.3) is 0 Å². The largest absolute Gasteiger partial charge is 0.481 e. The number of aryl methyl sites for hydroxylation is 1. The lowest BCUT2D eigenvalue weighted by Crippen LogP contribution is -2.39. The zero-order valence-electron chi connectivity index (χ0n) is 67.1. The second-order valence-corrected chi connectivity index (χ2v) is 38.8. The van der Waals surface area contributed by atoms with Crippen LogP contribution in [0.4, 0.5) is 22.7 Å². The van der Waals surface area contributed by atoms with E-state index in [1.807, 2.05) is 50.2 Å². The van der Waals surface area contributed by atoms with Crippen molar-refractivity contribution in [3.05, 3.63) is 193 Å². The van der Waals surface area contributed by atoms with Crippen molar-refractivity contribution in [2.75, 3.05) is 78.8 Å². The van der Waals surface area contributed by atoms with E-state index in [-0.39, 0.29) is 40.9 Å². The summed E-state index contributed by atoms with van der Waals surface area (Å²) in [6.45, 7) is 22.0. The SMILES string of the molecule is CN1C2CCC1/C(=C\C=C1\N(CCCSOOO)c3ccc(S(=O)(=O)O)cc3C1(C)C)C(Cl)=C2/C=C/C1=[N+](CCCSOOO)c2ccc(SOOO)cc2C1(C)C.Cc1ccc2c(c1)C(C)(C)/C(=C\C=C1C(SCCC(=O)O)=C(/C=C/C3=[N+](CCCSOOO)c4ccc(SOOO)cc4C3(C)C)C3CCC\1N3C)N2CCCSOOO. The van der Waals surface area contributed by atoms with E-state index < -0.39 is 32.3 Å². The highest BCUT2D eigenvalue weighted by Crippen LogP contribution is 2.54. The molecular weight excluding hydrogens is 1700 g/mol. The molecule has 8 aliphatic rings. The molecule has 0 spiro atoms. The molecule has 38 heteroatoms. The predicted octanol–water partition coefficient (Wildman–Crippen LogP) is 18.6. The highest BCUT2D eigenvalue weighted by molar-refractivity contribution is 8.03. The molecule has 8 heterocycles. The third-order valence-corrected chi connectivity index (χ3v) is 29.2. The Bertz CT molecular complexity index is 4740. The summed E-state index contributed by atoms with van der Waals surface area (Å²) in [5, 5.41) is 85.2. The summed E-state index contributed by atoms with van der Waals surface area (Å²) in [7, 11) is -0.115. The molecule has 0 amide bonds. The first-order valence-electron chi connectivity index (χ1n) is 38.2. The van der Waals surface area contributed by atoms with E-state index in [1.165, 1.54) is 45.8 Å². The molecule has 0 aromatic heterocycles. The normalized spacial score (nSPS) is 22.3. The number of halogens is 1. The summed E-state index contributed by atoms with van der Waals surface area (Å²) < 4.78 is 66.8. The lowest BCUT2D eigenvalue weighted by Gasteiger charge is -2.36. The Kier molecular flexibility index (Phi) is 33.5. The van der Waals surface area contributed by atoms with E-state index in [1.54, 1.807) is 17.8 Å². The summed E-state index contributed by atoms with van der Waals surface area (Å²) in [5.41, 5.74) is 16.2. The van der Waals surface area contributed by atoms with Crippen molar-refractivity contribution in [3.8, 4) is 0 Å². The number of carboxylic acids is 1. The molecule has 0 aliphatic carbocycles. The maximum atomic E-state index is 12.2. The summed E-state index contributed by atoms with van der Waals surface area (Å²) in [5.74, 6) is 1.91. The molecule has 4 bridgehead atoms. The molecule has 2 saturated heterocycles. The topological polar surface area (TPSA) is 343 Å². The van der Waals surface area contributed by atoms with Crippen molar-refractivity contribution in [3.63, 3.8) is 0 Å². The Labute approximate surface area is 722 Å². The molecule has 12 rings (SSSR count). The minimum absolute atomic E-state index is 0.0468. The van der Waals surface area contributed by atoms with Crippen molar-refractivity contribution in [2.45, 2.75) is 181 Å². The van der Waals surface area contributed by atoms with Crippen molar-refractivity contribution in [2.24, 2.45) is 0 Å². The second kappa shape index (κ2) is 42.2. The lowest BCUT2D eigenvalue weighted by molar-refractivity contribution is -0.438. The van der Waals surface area contributed by atoms with E-state index >= 15 is 0 Å². The van der Waals surface area contributed by atoms with Crippen molar-refractivity contribution >= 4 is 146 Å². The number of anilines is 2. The number of aliphatic carboxylic acids is 1. The number of thioether (sulfide) groups is 1. The van der Waals surface area contributed by atoms with Gasteiger partial charge in [-0.05, 0) is 187 Å². The van der Waals surface area contributed by atoms with Gasteiger partial charge in [-0.15, -0.1) is 37.8 Å². The van der Waals surface area contributed by atoms with Crippen molar-refractivity contribution in [1.29, 1.82) is 0 Å². The van der Waals surface area contributed by atoms with Crippen LogP contribution in [0.5, 0.6) is 0 Å². The number of rotatable bonds is 41. The number of allylic oxidation sites excluding steroid dienone is 8. The monoisotopic (exact) mass is 1800 g/mol. The minimum atomic E-state index is -4.43. The Balaban J connectivity index is 0.000000232. The van der Waals surface area contributed by atoms with Crippen molar-refractivity contribution in [1.82, 2.24) is 9.80 Å². The molecular formula is C80H101ClN6O23S8+2. The zero-order valence-corrected chi connectivity index (χ0v) is 74.4. The molecule has 8 N–H and O–H groups in total. The fourth-order valence-electron chi connectivity index (χ4n) is 17.6. The Morgan fingerprint density at radius 1 is 0.508 bits per heavy atom. The number of likely N-dealkylation sites (N-methyl/N-ethyl adjacent to an activating group) is 2. The molecule has 29 nitrogen and oxygen atoms in total. The molecule has 4 atom stereocenters. The van der Waals surface area contributed by atoms with Crippen LogP contribution in [0, 0.1) is 6.92 Å². The minimum Gasteiger partial charge on any atom is -0.481 e. The van der Waals surface area contributed by atoms with Gasteiger partial charge in [-0.25, -0.2) is 31.5 Å². The Morgan fingerprint density at radius 3 is 1.40 bits per heavy atom. The third-order valence-electron chi connectivity index (χ3n) is 23.1. The molecule has 4 aromatic rings. The van der Waals surface area contributed by atoms with Gasteiger partial charge >= 0.3 is 5.97 Å². The quantitative estimate of drug-likeness (QED) is 0.00511. The number of hydrogen-bond acceptors (Lipinski definition) is 32. The molecule has 118 heavy (non-hydrogen) atoms. The molecule has 642 valence electrons. The highest BCUT2D eigenvalue weighted by Gasteiger charge is 2.50. The average molecular weight is 1810 g/mol. The van der Waals surface area contributed by atoms with Gasteiger partial charge in [0.15, 0.2) is 11.4 Å². The summed E-state index contributed by atoms with van der Waals surface area (Å²) in [6.07, 6.45) is 24.2. The zero-order chi connectivity index (χ0) is 84.9. The van der Waals surface area contributed by atoms with E-state index in [0.717, 1.165) is 200 Å². The van der Waals surface area contributed by atoms with E-state index in [2.05, 4.69) is 206 Å². The van der Waals surface area contributed by atoms with Gasteiger partial charge in [-0.2, -0.15) is 17.6 Å². The Morgan fingerprint density at radius 2 is 0.932 bits per heavy atom. The van der Waals surface area contributed by atoms with Crippen LogP contribution in [0.2, 0.25) is 0 Å². The van der Waals surface area contributed by atoms with Gasteiger partial charge in [0.05, 0.1) is 51.3 Å². The molecule has 4 aromatic carbocycles. The number of fused-ring (bicyclic) bond motifs is 8. The second-order valence-electron chi connectivity index (χ2n) is 31.2. The fourth-order valence-corrected chi connectivity index (χ4v) is 21.9. The van der Waals surface area contributed by atoms with Crippen LogP contribution in [0.1, 0.15) is 141 Å².